The first-order chi connectivity index (χ1) is 11.8. The van der Waals surface area contributed by atoms with Crippen molar-refractivity contribution >= 4 is 18.2 Å². The van der Waals surface area contributed by atoms with Crippen molar-refractivity contribution in [3.8, 4) is 0 Å². The molecule has 0 aliphatic rings. The van der Waals surface area contributed by atoms with Crippen LogP contribution in [0.1, 0.15) is 16.7 Å². The van der Waals surface area contributed by atoms with E-state index in [0.717, 1.165) is 16.7 Å². The second-order valence-corrected chi connectivity index (χ2v) is 4.45. The Morgan fingerprint density at radius 1 is 0.480 bits per heavy atom. The minimum absolute atomic E-state index is 0. The third-order valence-electron chi connectivity index (χ3n) is 2.83. The maximum Gasteiger partial charge on any atom is 3.00 e. The van der Waals surface area contributed by atoms with E-state index >= 15 is 0 Å². The van der Waals surface area contributed by atoms with E-state index in [1.165, 1.54) is 0 Å². The average molecular weight is 416 g/mol. The van der Waals surface area contributed by atoms with Gasteiger partial charge in [-0.05, 0) is 53.1 Å². The fourth-order valence-electron chi connectivity index (χ4n) is 1.50. The van der Waals surface area contributed by atoms with E-state index in [4.69, 9.17) is 0 Å². The van der Waals surface area contributed by atoms with E-state index in [9.17, 15) is 0 Å². The quantitative estimate of drug-likeness (QED) is 0.553. The Morgan fingerprint density at radius 3 is 0.800 bits per heavy atom. The molecular weight excluding hydrogens is 395 g/mol. The molecule has 0 N–H and O–H groups in total. The Hall–Kier alpha value is -2.71. The molecule has 0 unspecified atom stereocenters. The van der Waals surface area contributed by atoms with Crippen LogP contribution in [0.25, 0.3) is 18.2 Å². The minimum atomic E-state index is 0. The predicted octanol–water partition coefficient (Wildman–Crippen LogP) is 5.17. The van der Waals surface area contributed by atoms with Crippen molar-refractivity contribution in [2.45, 2.75) is 0 Å². The molecule has 0 aromatic carbocycles. The van der Waals surface area contributed by atoms with Crippen LogP contribution in [-0.2, 0) is 19.5 Å². The Morgan fingerprint density at radius 2 is 0.680 bits per heavy atom. The molecule has 0 bridgehead atoms. The van der Waals surface area contributed by atoms with Gasteiger partial charge in [-0.3, -0.25) is 15.0 Å². The van der Waals surface area contributed by atoms with Crippen LogP contribution in [-0.4, -0.2) is 15.0 Å². The molecule has 25 heavy (non-hydrogen) atoms. The van der Waals surface area contributed by atoms with E-state index in [1.807, 2.05) is 36.4 Å². The van der Waals surface area contributed by atoms with Gasteiger partial charge in [0, 0.05) is 37.2 Å². The third kappa shape index (κ3) is 10.6. The summed E-state index contributed by atoms with van der Waals surface area (Å²) in [5, 5.41) is 0. The summed E-state index contributed by atoms with van der Waals surface area (Å²) in [4.78, 5) is 11.5. The summed E-state index contributed by atoms with van der Waals surface area (Å²) in [5.41, 5.74) is 3.33. The molecule has 3 rings (SSSR count). The van der Waals surface area contributed by atoms with Crippen LogP contribution in [0.5, 0.6) is 0 Å². The van der Waals surface area contributed by atoms with E-state index in [1.54, 1.807) is 55.4 Å². The zero-order valence-corrected chi connectivity index (χ0v) is 15.7. The fourth-order valence-corrected chi connectivity index (χ4v) is 1.50. The van der Waals surface area contributed by atoms with Crippen LogP contribution in [0.2, 0.25) is 0 Å². The molecule has 0 aliphatic carbocycles. The molecule has 3 nitrogen and oxygen atoms in total. The molecule has 0 amide bonds. The molecule has 0 atom stereocenters. The number of nitrogens with zero attached hydrogens (tertiary/aromatic N) is 3. The molecule has 0 spiro atoms. The van der Waals surface area contributed by atoms with Crippen molar-refractivity contribution in [2.75, 3.05) is 0 Å². The smallest absolute Gasteiger partial charge is 0.265 e. The Labute approximate surface area is 162 Å². The van der Waals surface area contributed by atoms with Crippen molar-refractivity contribution in [3.63, 3.8) is 0 Å². The van der Waals surface area contributed by atoms with Gasteiger partial charge in [-0.1, -0.05) is 38.0 Å². The van der Waals surface area contributed by atoms with Crippen molar-refractivity contribution in [2.24, 2.45) is 0 Å². The monoisotopic (exact) mass is 417 g/mol. The van der Waals surface area contributed by atoms with Crippen molar-refractivity contribution in [3.05, 3.63) is 110 Å². The van der Waals surface area contributed by atoms with Gasteiger partial charge >= 0.3 is 19.5 Å². The predicted molar refractivity (Wildman–Crippen MR) is 103 cm³/mol. The van der Waals surface area contributed by atoms with E-state index < -0.39 is 0 Å². The zero-order valence-electron chi connectivity index (χ0n) is 14.0. The first-order valence-corrected chi connectivity index (χ1v) is 7.37. The van der Waals surface area contributed by atoms with Gasteiger partial charge in [0.2, 0.25) is 0 Å². The third-order valence-corrected chi connectivity index (χ3v) is 2.83. The van der Waals surface area contributed by atoms with Gasteiger partial charge in [0.05, 0.1) is 0 Å². The maximum absolute atomic E-state index is 3.85. The van der Waals surface area contributed by atoms with Crippen LogP contribution in [0, 0.1) is 0 Å². The largest absolute Gasteiger partial charge is 3.00 e. The molecule has 0 fully saturated rings. The Balaban J connectivity index is 0.000000339. The molecule has 125 valence electrons. The van der Waals surface area contributed by atoms with E-state index in [0.29, 0.717) is 0 Å². The summed E-state index contributed by atoms with van der Waals surface area (Å²) in [7, 11) is 0. The van der Waals surface area contributed by atoms with Crippen molar-refractivity contribution in [1.82, 2.24) is 15.0 Å². The first-order valence-electron chi connectivity index (χ1n) is 7.37. The number of rotatable bonds is 3. The molecule has 0 saturated heterocycles. The van der Waals surface area contributed by atoms with Gasteiger partial charge in [-0.25, -0.2) is 0 Å². The Kier molecular flexibility index (Phi) is 13.2. The summed E-state index contributed by atoms with van der Waals surface area (Å²) in [6, 6.07) is 11.5. The Bertz CT molecular complexity index is 610. The molecule has 0 aliphatic heterocycles. The van der Waals surface area contributed by atoms with E-state index in [-0.39, 0.29) is 19.5 Å². The second kappa shape index (κ2) is 14.9. The standard InChI is InChI=1S/3C7H7N.Ru/c3*1-2-7-3-5-8-6-4-7;/h3*2-6H,1H2;/q;;;+3. The number of aromatic nitrogens is 3. The number of hydrogen-bond acceptors (Lipinski definition) is 3. The van der Waals surface area contributed by atoms with Crippen molar-refractivity contribution in [1.29, 1.82) is 0 Å². The molecule has 3 aromatic rings. The molecule has 0 saturated carbocycles. The van der Waals surface area contributed by atoms with Gasteiger partial charge in [0.25, 0.3) is 0 Å². The summed E-state index contributed by atoms with van der Waals surface area (Å²) in [5.74, 6) is 0. The summed E-state index contributed by atoms with van der Waals surface area (Å²) < 4.78 is 0. The van der Waals surface area contributed by atoms with Crippen molar-refractivity contribution < 1.29 is 19.5 Å². The van der Waals surface area contributed by atoms with Crippen LogP contribution in [0.15, 0.2) is 93.3 Å². The molecular formula is C21H21N3Ru+3. The van der Waals surface area contributed by atoms with Gasteiger partial charge < -0.3 is 0 Å². The molecule has 1 radical (unpaired) electrons. The maximum atomic E-state index is 3.85. The fraction of sp³-hybridized carbons (Fsp3) is 0. The normalized spacial score (nSPS) is 8.16. The zero-order chi connectivity index (χ0) is 17.5. The molecule has 4 heteroatoms. The second-order valence-electron chi connectivity index (χ2n) is 4.45. The summed E-state index contributed by atoms with van der Waals surface area (Å²) in [6.07, 6.45) is 15.9. The van der Waals surface area contributed by atoms with Crippen LogP contribution in [0.3, 0.4) is 0 Å². The first kappa shape index (κ1) is 22.3. The average Bonchev–Trinajstić information content (AvgIpc) is 2.71. The van der Waals surface area contributed by atoms with Gasteiger partial charge in [-0.2, -0.15) is 0 Å². The van der Waals surface area contributed by atoms with E-state index in [2.05, 4.69) is 34.7 Å². The number of pyridine rings is 3. The summed E-state index contributed by atoms with van der Waals surface area (Å²) in [6.45, 7) is 10.8. The van der Waals surface area contributed by atoms with Gasteiger partial charge in [0.1, 0.15) is 0 Å². The van der Waals surface area contributed by atoms with Gasteiger partial charge in [0.15, 0.2) is 0 Å². The topological polar surface area (TPSA) is 38.7 Å². The van der Waals surface area contributed by atoms with Crippen LogP contribution >= 0.6 is 0 Å². The van der Waals surface area contributed by atoms with Crippen LogP contribution in [0.4, 0.5) is 0 Å². The minimum Gasteiger partial charge on any atom is -0.265 e. The van der Waals surface area contributed by atoms with Crippen LogP contribution < -0.4 is 0 Å². The molecule has 3 aromatic heterocycles. The summed E-state index contributed by atoms with van der Waals surface area (Å²) >= 11 is 0. The molecule has 3 heterocycles. The SMILES string of the molecule is C=Cc1ccncc1.C=Cc1ccncc1.C=Cc1ccncc1.[Ru+3]. The van der Waals surface area contributed by atoms with Gasteiger partial charge in [-0.15, -0.1) is 0 Å². The number of hydrogen-bond donors (Lipinski definition) is 0.